The van der Waals surface area contributed by atoms with E-state index in [2.05, 4.69) is 58.6 Å². The molecular weight excluding hydrogens is 1320 g/mol. The van der Waals surface area contributed by atoms with Crippen molar-refractivity contribution in [3.63, 3.8) is 0 Å². The van der Waals surface area contributed by atoms with Gasteiger partial charge in [0, 0.05) is 128 Å². The Morgan fingerprint density at radius 2 is 1.39 bits per heavy atom. The first kappa shape index (κ1) is 75.3. The van der Waals surface area contributed by atoms with E-state index >= 15 is 0 Å². The van der Waals surface area contributed by atoms with Crippen LogP contribution in [0.5, 0.6) is 11.5 Å². The van der Waals surface area contributed by atoms with Crippen LogP contribution in [0.3, 0.4) is 0 Å². The number of likely N-dealkylation sites (N-methyl/N-ethyl adjacent to an activating group) is 1. The number of benzene rings is 2. The van der Waals surface area contributed by atoms with E-state index in [-0.39, 0.29) is 36.1 Å². The lowest BCUT2D eigenvalue weighted by Crippen LogP contribution is -2.63. The zero-order valence-electron chi connectivity index (χ0n) is 57.6. The monoisotopic (exact) mass is 1410 g/mol. The summed E-state index contributed by atoms with van der Waals surface area (Å²) >= 11 is 6.87. The molecule has 22 nitrogen and oxygen atoms in total. The second-order valence-corrected chi connectivity index (χ2v) is 28.6. The highest BCUT2D eigenvalue weighted by Gasteiger charge is 2.64. The number of esters is 1. The highest BCUT2D eigenvalue weighted by atomic mass is 35.5. The van der Waals surface area contributed by atoms with Gasteiger partial charge in [0.1, 0.15) is 46.5 Å². The molecule has 0 radical (unpaired) electrons. The van der Waals surface area contributed by atoms with E-state index in [9.17, 15) is 29.1 Å². The normalized spacial score (nSPS) is 22.0. The maximum Gasteiger partial charge on any atom is 0.409 e. The minimum atomic E-state index is -1.87. The van der Waals surface area contributed by atoms with Gasteiger partial charge in [-0.1, -0.05) is 94.2 Å². The molecule has 25 heteroatoms. The van der Waals surface area contributed by atoms with E-state index in [4.69, 9.17) is 40.0 Å². The summed E-state index contributed by atoms with van der Waals surface area (Å²) in [6, 6.07) is 32.8. The molecule has 4 aromatic heterocycles. The molecule has 0 saturated carbocycles. The first-order valence-corrected chi connectivity index (χ1v) is 36.2. The number of hydrogen-bond donors (Lipinski definition) is 3. The van der Waals surface area contributed by atoms with Crippen molar-refractivity contribution in [3.05, 3.63) is 196 Å². The number of methoxy groups -OCH3 is 2. The summed E-state index contributed by atoms with van der Waals surface area (Å²) < 4.78 is 36.2. The van der Waals surface area contributed by atoms with E-state index in [1.54, 1.807) is 52.1 Å². The van der Waals surface area contributed by atoms with Crippen molar-refractivity contribution in [3.8, 4) is 11.5 Å². The van der Waals surface area contributed by atoms with Crippen LogP contribution in [-0.2, 0) is 83.8 Å². The number of anilines is 1. The molecule has 8 atom stereocenters. The standard InChI is InChI=1S/C74H91ClN10O12S2/c1-50-20-19-25-64(93-8)74(91)43-63(95-72(90)81-74)51(2)70-73(4,97-70)65(42-68(88)83(6)61-40-53(36-50)41-62(92-7)69(61)75)96-71(89)52(3)82(5)67(87)27-35-99-98-34-26-66(86)80-32-17-18-33-94-60-38-54(44-84(46-56-21-9-13-28-76-56)47-57-22-10-14-29-77-57)37-55(39-60)45-85(48-58-23-11-15-30-78-58)49-59-24-12-16-31-79-59/h9-16,19-25,28-31,37-41,51-52,63-65,70,91H,17-18,26-27,32-36,42-49H2,1-8H3,(H,80,86)(H,81,90)/b25-19+,50-20+/t51-,52+,63?,64-,65?,70?,73+,74+/m0/s1. The van der Waals surface area contributed by atoms with Gasteiger partial charge in [-0.2, -0.15) is 0 Å². The highest BCUT2D eigenvalue weighted by Crippen LogP contribution is 2.49. The van der Waals surface area contributed by atoms with Gasteiger partial charge in [-0.3, -0.25) is 49.4 Å². The molecule has 2 aromatic carbocycles. The third-order valence-corrected chi connectivity index (χ3v) is 20.7. The lowest BCUT2D eigenvalue weighted by Gasteiger charge is -2.42. The number of halogens is 1. The quantitative estimate of drug-likeness (QED) is 0.0164. The number of rotatable bonds is 30. The molecule has 3 unspecified atom stereocenters. The predicted octanol–water partition coefficient (Wildman–Crippen LogP) is 10.6. The SMILES string of the molecule is COc1cc2cc(c1Cl)N(C)C(=O)CC(OC(=O)[C@@H](C)N(C)C(=O)CCSSCCC(=O)NCCCCOc1cc(CN(Cc3ccccn3)Cc3ccccn3)cc(CN(Cc3ccccn3)Cc3ccccn3)c1)[C@@]1(C)OC1[C@@H](C)C1C[C@](O)(NC(=O)O1)[C@@H](OC)/C=C/C=C(\C)C2. The lowest BCUT2D eigenvalue weighted by molar-refractivity contribution is -0.162. The van der Waals surface area contributed by atoms with Crippen molar-refractivity contribution in [1.29, 1.82) is 0 Å². The van der Waals surface area contributed by atoms with Crippen molar-refractivity contribution in [2.45, 2.75) is 154 Å². The number of pyridine rings is 4. The number of fused-ring (bicyclic) bond motifs is 5. The van der Waals surface area contributed by atoms with Crippen molar-refractivity contribution in [2.75, 3.05) is 57.9 Å². The van der Waals surface area contributed by atoms with E-state index < -0.39 is 65.7 Å². The topological polar surface area (TPSA) is 253 Å². The lowest BCUT2D eigenvalue weighted by atomic mass is 9.83. The Morgan fingerprint density at radius 1 is 0.818 bits per heavy atom. The third kappa shape index (κ3) is 21.8. The second kappa shape index (κ2) is 36.4. The maximum atomic E-state index is 14.5. The largest absolute Gasteiger partial charge is 0.495 e. The van der Waals surface area contributed by atoms with Crippen LogP contribution in [0.15, 0.2) is 152 Å². The van der Waals surface area contributed by atoms with E-state index in [0.717, 1.165) is 50.8 Å². The minimum Gasteiger partial charge on any atom is -0.495 e. The van der Waals surface area contributed by atoms with Crippen LogP contribution in [0.25, 0.3) is 0 Å². The Bertz CT molecular complexity index is 3530. The van der Waals surface area contributed by atoms with Crippen molar-refractivity contribution < 1.29 is 57.5 Å². The number of epoxide rings is 1. The first-order chi connectivity index (χ1) is 47.7. The number of aliphatic hydroxyl groups is 1. The molecule has 99 heavy (non-hydrogen) atoms. The molecule has 0 aliphatic carbocycles. The summed E-state index contributed by atoms with van der Waals surface area (Å²) in [5, 5.41) is 17.7. The van der Waals surface area contributed by atoms with E-state index in [0.29, 0.717) is 101 Å². The van der Waals surface area contributed by atoms with Gasteiger partial charge in [0.15, 0.2) is 5.72 Å². The van der Waals surface area contributed by atoms with Crippen molar-refractivity contribution in [2.24, 2.45) is 5.92 Å². The first-order valence-electron chi connectivity index (χ1n) is 33.4. The molecule has 3 aliphatic heterocycles. The van der Waals surface area contributed by atoms with Crippen LogP contribution in [-0.4, -0.2) is 164 Å². The zero-order valence-corrected chi connectivity index (χ0v) is 59.9. The summed E-state index contributed by atoms with van der Waals surface area (Å²) in [7, 11) is 8.96. The number of alkyl carbamates (subject to hydrolysis) is 1. The van der Waals surface area contributed by atoms with Crippen LogP contribution in [0.2, 0.25) is 5.02 Å². The van der Waals surface area contributed by atoms with Gasteiger partial charge in [0.05, 0.1) is 54.7 Å². The molecule has 7 heterocycles. The molecule has 2 fully saturated rings. The number of carbonyl (C=O) groups is 5. The summed E-state index contributed by atoms with van der Waals surface area (Å²) in [5.74, 6) is -0.134. The van der Waals surface area contributed by atoms with Gasteiger partial charge in [-0.05, 0) is 130 Å². The van der Waals surface area contributed by atoms with Gasteiger partial charge in [0.2, 0.25) is 17.7 Å². The molecule has 2 saturated heterocycles. The van der Waals surface area contributed by atoms with Gasteiger partial charge in [0.25, 0.3) is 0 Å². The van der Waals surface area contributed by atoms with Gasteiger partial charge in [-0.15, -0.1) is 0 Å². The van der Waals surface area contributed by atoms with Crippen LogP contribution in [0.4, 0.5) is 10.5 Å². The number of allylic oxidation sites excluding steroid dienone is 3. The number of nitrogens with one attached hydrogen (secondary N) is 2. The summed E-state index contributed by atoms with van der Waals surface area (Å²) in [6.07, 6.45) is 9.69. The number of amides is 4. The average Bonchev–Trinajstić information content (AvgIpc) is 1.58. The van der Waals surface area contributed by atoms with Crippen molar-refractivity contribution in [1.82, 2.24) is 45.3 Å². The fraction of sp³-hybridized carbons (Fsp3) is 0.446. The zero-order chi connectivity index (χ0) is 70.5. The molecular formula is C74H91ClN10O12S2. The fourth-order valence-corrected chi connectivity index (χ4v) is 14.5. The Morgan fingerprint density at radius 3 is 1.94 bits per heavy atom. The Kier molecular flexibility index (Phi) is 27.7. The second-order valence-electron chi connectivity index (χ2n) is 25.5. The Labute approximate surface area is 593 Å². The predicted molar refractivity (Wildman–Crippen MR) is 382 cm³/mol. The molecule has 4 amide bonds. The molecule has 4 bridgehead atoms. The van der Waals surface area contributed by atoms with Crippen LogP contribution >= 0.6 is 33.2 Å². The third-order valence-electron chi connectivity index (χ3n) is 17.9. The molecule has 9 rings (SSSR count). The summed E-state index contributed by atoms with van der Waals surface area (Å²) in [6.45, 7) is 11.7. The number of aromatic nitrogens is 4. The smallest absolute Gasteiger partial charge is 0.409 e. The summed E-state index contributed by atoms with van der Waals surface area (Å²) in [4.78, 5) is 94.4. The minimum absolute atomic E-state index is 0.0729. The molecule has 3 aliphatic rings. The van der Waals surface area contributed by atoms with Crippen LogP contribution in [0.1, 0.15) is 106 Å². The number of ether oxygens (including phenoxy) is 6. The van der Waals surface area contributed by atoms with Gasteiger partial charge >= 0.3 is 12.1 Å². The number of carbonyl (C=O) groups excluding carboxylic acids is 5. The number of unbranched alkanes of at least 4 members (excludes halogenated alkanes) is 1. The molecule has 3 N–H and O–H groups in total. The van der Waals surface area contributed by atoms with E-state index in [1.165, 1.54) is 52.7 Å². The Hall–Kier alpha value is -7.94. The van der Waals surface area contributed by atoms with Gasteiger partial charge in [-0.25, -0.2) is 9.59 Å². The van der Waals surface area contributed by atoms with Crippen LogP contribution < -0.4 is 25.0 Å². The van der Waals surface area contributed by atoms with E-state index in [1.807, 2.05) is 111 Å². The number of nitrogens with zero attached hydrogens (tertiary/aromatic N) is 8. The average molecular weight is 1410 g/mol. The summed E-state index contributed by atoms with van der Waals surface area (Å²) in [5.41, 5.74) is 4.92. The maximum absolute atomic E-state index is 14.5. The molecule has 528 valence electrons. The van der Waals surface area contributed by atoms with Crippen molar-refractivity contribution >= 4 is 68.7 Å². The van der Waals surface area contributed by atoms with Crippen LogP contribution in [0, 0.1) is 5.92 Å². The van der Waals surface area contributed by atoms with Gasteiger partial charge < -0.3 is 48.6 Å². The highest BCUT2D eigenvalue weighted by molar-refractivity contribution is 8.76. The Balaban J connectivity index is 0.752. The number of hydrogen-bond acceptors (Lipinski definition) is 20. The molecule has 6 aromatic rings. The molecule has 0 spiro atoms. The fourth-order valence-electron chi connectivity index (χ4n) is 12.2.